The van der Waals surface area contributed by atoms with Crippen molar-refractivity contribution in [2.75, 3.05) is 0 Å². The number of hydrogen-bond donors (Lipinski definition) is 0. The minimum atomic E-state index is 0.940. The van der Waals surface area contributed by atoms with Gasteiger partial charge in [0.05, 0.1) is 0 Å². The Morgan fingerprint density at radius 2 is 1.60 bits per heavy atom. The molecule has 0 bridgehead atoms. The summed E-state index contributed by atoms with van der Waals surface area (Å²) in [4.78, 5) is 0. The Labute approximate surface area is 145 Å². The third kappa shape index (κ3) is 2.01. The molecule has 0 radical (unpaired) electrons. The summed E-state index contributed by atoms with van der Waals surface area (Å²) in [6.45, 7) is 4.26. The molecular formula is C23H18NO+. The van der Waals surface area contributed by atoms with Crippen molar-refractivity contribution in [3.63, 3.8) is 0 Å². The van der Waals surface area contributed by atoms with Crippen LogP contribution in [-0.4, -0.2) is 0 Å². The zero-order chi connectivity index (χ0) is 17.0. The summed E-state index contributed by atoms with van der Waals surface area (Å²) in [6, 6.07) is 23.3. The fourth-order valence-electron chi connectivity index (χ4n) is 3.77. The highest BCUT2D eigenvalue weighted by atomic mass is 16.3. The number of pyridine rings is 1. The summed E-state index contributed by atoms with van der Waals surface area (Å²) < 4.78 is 8.57. The van der Waals surface area contributed by atoms with E-state index in [0.717, 1.165) is 16.9 Å². The molecule has 25 heavy (non-hydrogen) atoms. The minimum Gasteiger partial charge on any atom is -0.449 e. The lowest BCUT2D eigenvalue weighted by molar-refractivity contribution is -0.602. The van der Waals surface area contributed by atoms with Crippen molar-refractivity contribution in [2.24, 2.45) is 0 Å². The molecule has 0 atom stereocenters. The summed E-state index contributed by atoms with van der Waals surface area (Å²) in [5.41, 5.74) is 5.40. The maximum Gasteiger partial charge on any atom is 0.257 e. The molecule has 2 nitrogen and oxygen atoms in total. The Morgan fingerprint density at radius 1 is 0.760 bits per heavy atom. The Kier molecular flexibility index (Phi) is 2.95. The van der Waals surface area contributed by atoms with Gasteiger partial charge in [0.15, 0.2) is 11.9 Å². The number of aromatic nitrogens is 1. The van der Waals surface area contributed by atoms with Gasteiger partial charge in [-0.2, -0.15) is 4.57 Å². The molecule has 0 saturated heterocycles. The Bertz CT molecular complexity index is 1260. The molecule has 2 aromatic heterocycles. The van der Waals surface area contributed by atoms with E-state index in [4.69, 9.17) is 4.42 Å². The molecule has 0 fully saturated rings. The monoisotopic (exact) mass is 324 g/mol. The second kappa shape index (κ2) is 5.18. The fourth-order valence-corrected chi connectivity index (χ4v) is 3.77. The molecule has 2 heterocycles. The standard InChI is InChI=1S/C23H18NO/c1-15-10-12-19-21-18-9-4-3-8-17(18)11-13-20(21)25-23(19)22(15)24-14-6-5-7-16(24)2/h3-14H,1-2H3/q+1. The number of hydrogen-bond acceptors (Lipinski definition) is 1. The van der Waals surface area contributed by atoms with Crippen molar-refractivity contribution < 1.29 is 8.98 Å². The van der Waals surface area contributed by atoms with Gasteiger partial charge in [-0.25, -0.2) is 0 Å². The van der Waals surface area contributed by atoms with Gasteiger partial charge in [-0.15, -0.1) is 0 Å². The molecule has 3 aromatic carbocycles. The first-order chi connectivity index (χ1) is 12.2. The molecule has 0 amide bonds. The average Bonchev–Trinajstić information content (AvgIpc) is 3.01. The highest BCUT2D eigenvalue weighted by molar-refractivity contribution is 6.19. The van der Waals surface area contributed by atoms with Crippen LogP contribution in [-0.2, 0) is 0 Å². The van der Waals surface area contributed by atoms with Gasteiger partial charge in [0.1, 0.15) is 5.58 Å². The SMILES string of the molecule is Cc1ccc2c(oc3ccc4ccccc4c32)c1-[n+]1ccccc1C. The third-order valence-electron chi connectivity index (χ3n) is 5.01. The summed E-state index contributed by atoms with van der Waals surface area (Å²) in [6.07, 6.45) is 2.10. The topological polar surface area (TPSA) is 17.0 Å². The maximum absolute atomic E-state index is 6.36. The Balaban J connectivity index is 1.99. The summed E-state index contributed by atoms with van der Waals surface area (Å²) in [5.74, 6) is 0. The average molecular weight is 324 g/mol. The van der Waals surface area contributed by atoms with E-state index in [-0.39, 0.29) is 0 Å². The molecule has 0 spiro atoms. The molecule has 0 aliphatic heterocycles. The highest BCUT2D eigenvalue weighted by Gasteiger charge is 2.22. The van der Waals surface area contributed by atoms with Crippen LogP contribution in [0.2, 0.25) is 0 Å². The van der Waals surface area contributed by atoms with Gasteiger partial charge in [0.2, 0.25) is 5.58 Å². The van der Waals surface area contributed by atoms with Crippen molar-refractivity contribution in [3.8, 4) is 5.69 Å². The van der Waals surface area contributed by atoms with Gasteiger partial charge < -0.3 is 4.42 Å². The number of benzene rings is 3. The van der Waals surface area contributed by atoms with Crippen LogP contribution >= 0.6 is 0 Å². The van der Waals surface area contributed by atoms with E-state index in [1.165, 1.54) is 32.8 Å². The number of aryl methyl sites for hydroxylation is 2. The number of fused-ring (bicyclic) bond motifs is 5. The van der Waals surface area contributed by atoms with Gasteiger partial charge >= 0.3 is 0 Å². The predicted molar refractivity (Wildman–Crippen MR) is 102 cm³/mol. The smallest absolute Gasteiger partial charge is 0.257 e. The van der Waals surface area contributed by atoms with E-state index in [1.54, 1.807) is 0 Å². The number of rotatable bonds is 1. The first-order valence-corrected chi connectivity index (χ1v) is 8.55. The molecule has 0 aliphatic carbocycles. The van der Waals surface area contributed by atoms with Crippen LogP contribution in [0.5, 0.6) is 0 Å². The molecule has 5 aromatic rings. The zero-order valence-corrected chi connectivity index (χ0v) is 14.3. The molecule has 0 aliphatic rings. The normalized spacial score (nSPS) is 11.6. The fraction of sp³-hybridized carbons (Fsp3) is 0.0870. The van der Waals surface area contributed by atoms with Crippen molar-refractivity contribution >= 4 is 32.7 Å². The zero-order valence-electron chi connectivity index (χ0n) is 14.3. The molecule has 0 N–H and O–H groups in total. The molecule has 120 valence electrons. The van der Waals surface area contributed by atoms with E-state index in [9.17, 15) is 0 Å². The van der Waals surface area contributed by atoms with E-state index < -0.39 is 0 Å². The molecular weight excluding hydrogens is 306 g/mol. The van der Waals surface area contributed by atoms with Crippen LogP contribution in [0.15, 0.2) is 77.3 Å². The van der Waals surface area contributed by atoms with Gasteiger partial charge in [-0.1, -0.05) is 42.5 Å². The summed E-state index contributed by atoms with van der Waals surface area (Å²) in [5, 5.41) is 4.85. The number of nitrogens with zero attached hydrogens (tertiary/aromatic N) is 1. The van der Waals surface area contributed by atoms with E-state index in [2.05, 4.69) is 91.3 Å². The van der Waals surface area contributed by atoms with Crippen LogP contribution in [0, 0.1) is 13.8 Å². The maximum atomic E-state index is 6.36. The summed E-state index contributed by atoms with van der Waals surface area (Å²) >= 11 is 0. The van der Waals surface area contributed by atoms with E-state index in [0.29, 0.717) is 0 Å². The van der Waals surface area contributed by atoms with Gasteiger partial charge in [-0.05, 0) is 29.8 Å². The second-order valence-corrected chi connectivity index (χ2v) is 6.58. The van der Waals surface area contributed by atoms with Crippen LogP contribution in [0.4, 0.5) is 0 Å². The second-order valence-electron chi connectivity index (χ2n) is 6.58. The van der Waals surface area contributed by atoms with Crippen LogP contribution in [0.1, 0.15) is 11.3 Å². The highest BCUT2D eigenvalue weighted by Crippen LogP contribution is 2.37. The van der Waals surface area contributed by atoms with Crippen molar-refractivity contribution in [1.82, 2.24) is 0 Å². The van der Waals surface area contributed by atoms with E-state index >= 15 is 0 Å². The molecule has 0 unspecified atom stereocenters. The molecule has 5 rings (SSSR count). The minimum absolute atomic E-state index is 0.940. The van der Waals surface area contributed by atoms with E-state index in [1.807, 2.05) is 0 Å². The van der Waals surface area contributed by atoms with Crippen LogP contribution in [0.25, 0.3) is 38.4 Å². The molecule has 2 heteroatoms. The lowest BCUT2D eigenvalue weighted by Gasteiger charge is -2.03. The third-order valence-corrected chi connectivity index (χ3v) is 5.01. The Morgan fingerprint density at radius 3 is 2.48 bits per heavy atom. The first kappa shape index (κ1) is 14.2. The van der Waals surface area contributed by atoms with Crippen molar-refractivity contribution in [1.29, 1.82) is 0 Å². The van der Waals surface area contributed by atoms with Crippen LogP contribution in [0.3, 0.4) is 0 Å². The lowest BCUT2D eigenvalue weighted by atomic mass is 10.0. The van der Waals surface area contributed by atoms with Crippen LogP contribution < -0.4 is 4.57 Å². The summed E-state index contributed by atoms with van der Waals surface area (Å²) in [7, 11) is 0. The molecule has 0 saturated carbocycles. The predicted octanol–water partition coefficient (Wildman–Crippen LogP) is 5.63. The first-order valence-electron chi connectivity index (χ1n) is 8.55. The largest absolute Gasteiger partial charge is 0.449 e. The van der Waals surface area contributed by atoms with Gasteiger partial charge in [0.25, 0.3) is 5.69 Å². The number of furan rings is 1. The van der Waals surface area contributed by atoms with Crippen molar-refractivity contribution in [2.45, 2.75) is 13.8 Å². The lowest BCUT2D eigenvalue weighted by Crippen LogP contribution is -2.34. The Hall–Kier alpha value is -3.13. The quantitative estimate of drug-likeness (QED) is 0.365. The van der Waals surface area contributed by atoms with Gasteiger partial charge in [0, 0.05) is 35.4 Å². The van der Waals surface area contributed by atoms with Crippen molar-refractivity contribution in [3.05, 3.63) is 84.2 Å². The van der Waals surface area contributed by atoms with Gasteiger partial charge in [-0.3, -0.25) is 0 Å².